The van der Waals surface area contributed by atoms with Gasteiger partial charge in [-0.2, -0.15) is 0 Å². The van der Waals surface area contributed by atoms with Crippen LogP contribution in [0, 0.1) is 5.82 Å². The van der Waals surface area contributed by atoms with Crippen molar-refractivity contribution < 1.29 is 8.94 Å². The van der Waals surface area contributed by atoms with Crippen molar-refractivity contribution in [3.63, 3.8) is 0 Å². The Bertz CT molecular complexity index is 451. The lowest BCUT2D eigenvalue weighted by Crippen LogP contribution is -2.41. The Balaban J connectivity index is 3.01. The number of nitrogens with one attached hydrogen (secondary N) is 1. The first-order chi connectivity index (χ1) is 8.77. The first kappa shape index (κ1) is 16.4. The molecule has 1 aromatic rings. The third kappa shape index (κ3) is 4.45. The van der Waals surface area contributed by atoms with Crippen molar-refractivity contribution in [1.82, 2.24) is 9.71 Å². The largest absolute Gasteiger partial charge is 0.598 e. The third-order valence-corrected chi connectivity index (χ3v) is 4.31. The standard InChI is InChI=1S/C13H18ClFN2OS/c1-5-6-10(17-19(18)13(2,3)4)12-11(15)9(14)7-8-16-12/h5,7-8,10,17H,1,6H2,2-4H3/t10-,19?/m0/s1. The van der Waals surface area contributed by atoms with E-state index >= 15 is 0 Å². The average molecular weight is 305 g/mol. The van der Waals surface area contributed by atoms with E-state index in [-0.39, 0.29) is 10.7 Å². The number of aromatic nitrogens is 1. The Hall–Kier alpha value is -0.620. The summed E-state index contributed by atoms with van der Waals surface area (Å²) < 4.78 is 28.5. The van der Waals surface area contributed by atoms with Gasteiger partial charge in [-0.05, 0) is 33.3 Å². The van der Waals surface area contributed by atoms with Gasteiger partial charge in [0.05, 0.1) is 10.7 Å². The predicted octanol–water partition coefficient (Wildman–Crippen LogP) is 3.54. The summed E-state index contributed by atoms with van der Waals surface area (Å²) in [5, 5.41) is 0.00223. The molecular weight excluding hydrogens is 287 g/mol. The van der Waals surface area contributed by atoms with Gasteiger partial charge in [-0.25, -0.2) is 4.39 Å². The molecule has 1 unspecified atom stereocenters. The van der Waals surface area contributed by atoms with Crippen LogP contribution in [0.25, 0.3) is 0 Å². The second kappa shape index (κ2) is 6.70. The zero-order valence-corrected chi connectivity index (χ0v) is 12.8. The van der Waals surface area contributed by atoms with Crippen molar-refractivity contribution in [2.45, 2.75) is 38.0 Å². The fraction of sp³-hybridized carbons (Fsp3) is 0.462. The Kier molecular flexibility index (Phi) is 5.80. The molecule has 1 heterocycles. The molecule has 0 saturated heterocycles. The molecule has 1 rings (SSSR count). The van der Waals surface area contributed by atoms with Gasteiger partial charge in [0.1, 0.15) is 10.8 Å². The minimum absolute atomic E-state index is 0.00223. The number of hydrogen-bond acceptors (Lipinski definition) is 3. The minimum Gasteiger partial charge on any atom is -0.598 e. The number of halogens is 2. The normalized spacial score (nSPS) is 15.1. The molecule has 0 spiro atoms. The smallest absolute Gasteiger partial charge is 0.165 e. The Labute approximate surface area is 121 Å². The predicted molar refractivity (Wildman–Crippen MR) is 77.8 cm³/mol. The maximum Gasteiger partial charge on any atom is 0.165 e. The fourth-order valence-electron chi connectivity index (χ4n) is 1.37. The highest BCUT2D eigenvalue weighted by molar-refractivity contribution is 7.90. The maximum atomic E-state index is 14.0. The van der Waals surface area contributed by atoms with Crippen LogP contribution in [-0.4, -0.2) is 14.3 Å². The van der Waals surface area contributed by atoms with E-state index in [9.17, 15) is 8.94 Å². The van der Waals surface area contributed by atoms with Gasteiger partial charge in [-0.15, -0.1) is 11.3 Å². The SMILES string of the molecule is C=CC[C@H](N[S+]([O-])C(C)(C)C)c1nccc(Cl)c1F. The summed E-state index contributed by atoms with van der Waals surface area (Å²) in [5.74, 6) is -0.588. The summed E-state index contributed by atoms with van der Waals surface area (Å²) in [5.41, 5.74) is 0.157. The first-order valence-electron chi connectivity index (χ1n) is 5.86. The Morgan fingerprint density at radius 3 is 2.79 bits per heavy atom. The van der Waals surface area contributed by atoms with E-state index in [1.54, 1.807) is 6.08 Å². The van der Waals surface area contributed by atoms with Crippen molar-refractivity contribution in [3.8, 4) is 0 Å². The molecule has 0 bridgehead atoms. The highest BCUT2D eigenvalue weighted by atomic mass is 35.5. The minimum atomic E-state index is -1.33. The van der Waals surface area contributed by atoms with Crippen LogP contribution in [0.1, 0.15) is 38.9 Å². The topological polar surface area (TPSA) is 48.0 Å². The maximum absolute atomic E-state index is 14.0. The van der Waals surface area contributed by atoms with Crippen molar-refractivity contribution in [3.05, 3.63) is 41.5 Å². The molecular formula is C13H18ClFN2OS. The molecule has 0 fully saturated rings. The summed E-state index contributed by atoms with van der Waals surface area (Å²) in [6.07, 6.45) is 3.46. The molecule has 0 aliphatic carbocycles. The summed E-state index contributed by atoms with van der Waals surface area (Å²) in [6.45, 7) is 9.13. The van der Waals surface area contributed by atoms with Crippen molar-refractivity contribution in [1.29, 1.82) is 0 Å². The monoisotopic (exact) mass is 304 g/mol. The molecule has 2 atom stereocenters. The summed E-state index contributed by atoms with van der Waals surface area (Å²) >= 11 is 4.41. The Morgan fingerprint density at radius 1 is 1.63 bits per heavy atom. The van der Waals surface area contributed by atoms with Gasteiger partial charge in [-0.3, -0.25) is 4.98 Å². The molecule has 3 nitrogen and oxygen atoms in total. The summed E-state index contributed by atoms with van der Waals surface area (Å²) in [6, 6.07) is 0.864. The highest BCUT2D eigenvalue weighted by Gasteiger charge is 2.31. The quantitative estimate of drug-likeness (QED) is 0.668. The second-order valence-corrected chi connectivity index (χ2v) is 7.47. The fourth-order valence-corrected chi connectivity index (χ4v) is 2.34. The zero-order valence-electron chi connectivity index (χ0n) is 11.2. The lowest BCUT2D eigenvalue weighted by molar-refractivity contribution is 0.505. The molecule has 0 aliphatic rings. The molecule has 0 aromatic carbocycles. The van der Waals surface area contributed by atoms with E-state index in [0.29, 0.717) is 6.42 Å². The van der Waals surface area contributed by atoms with Crippen molar-refractivity contribution in [2.75, 3.05) is 0 Å². The third-order valence-electron chi connectivity index (χ3n) is 2.41. The van der Waals surface area contributed by atoms with E-state index in [2.05, 4.69) is 16.3 Å². The average Bonchev–Trinajstić information content (AvgIpc) is 2.31. The van der Waals surface area contributed by atoms with Crippen LogP contribution in [-0.2, 0) is 11.4 Å². The van der Waals surface area contributed by atoms with E-state index in [1.165, 1.54) is 12.3 Å². The lowest BCUT2D eigenvalue weighted by Gasteiger charge is -2.27. The first-order valence-corrected chi connectivity index (χ1v) is 7.39. The molecule has 0 aliphatic heterocycles. The second-order valence-electron chi connectivity index (χ2n) is 5.07. The molecule has 6 heteroatoms. The molecule has 1 N–H and O–H groups in total. The molecule has 19 heavy (non-hydrogen) atoms. The van der Waals surface area contributed by atoms with Crippen LogP contribution in [0.2, 0.25) is 5.02 Å². The Morgan fingerprint density at radius 2 is 2.26 bits per heavy atom. The van der Waals surface area contributed by atoms with Crippen LogP contribution in [0.3, 0.4) is 0 Å². The molecule has 106 valence electrons. The summed E-state index contributed by atoms with van der Waals surface area (Å²) in [4.78, 5) is 3.99. The van der Waals surface area contributed by atoms with Gasteiger partial charge in [0.25, 0.3) is 0 Å². The number of nitrogens with zero attached hydrogens (tertiary/aromatic N) is 1. The van der Waals surface area contributed by atoms with Gasteiger partial charge in [0.2, 0.25) is 0 Å². The van der Waals surface area contributed by atoms with Crippen LogP contribution >= 0.6 is 11.6 Å². The van der Waals surface area contributed by atoms with Gasteiger partial charge < -0.3 is 4.55 Å². The van der Waals surface area contributed by atoms with E-state index in [0.717, 1.165) is 0 Å². The number of rotatable bonds is 5. The van der Waals surface area contributed by atoms with Gasteiger partial charge in [0, 0.05) is 17.6 Å². The van der Waals surface area contributed by atoms with Crippen LogP contribution in [0.5, 0.6) is 0 Å². The number of hydrogen-bond donors (Lipinski definition) is 1. The van der Waals surface area contributed by atoms with Gasteiger partial charge in [0.15, 0.2) is 5.82 Å². The van der Waals surface area contributed by atoms with Crippen LogP contribution < -0.4 is 4.72 Å². The van der Waals surface area contributed by atoms with E-state index in [1.807, 2.05) is 20.8 Å². The zero-order chi connectivity index (χ0) is 14.6. The molecule has 1 aromatic heterocycles. The van der Waals surface area contributed by atoms with Crippen LogP contribution in [0.4, 0.5) is 4.39 Å². The van der Waals surface area contributed by atoms with E-state index < -0.39 is 28.0 Å². The van der Waals surface area contributed by atoms with Gasteiger partial charge in [-0.1, -0.05) is 17.7 Å². The van der Waals surface area contributed by atoms with Crippen molar-refractivity contribution in [2.24, 2.45) is 0 Å². The molecule has 0 saturated carbocycles. The molecule has 0 amide bonds. The molecule has 0 radical (unpaired) electrons. The van der Waals surface area contributed by atoms with Gasteiger partial charge >= 0.3 is 0 Å². The van der Waals surface area contributed by atoms with E-state index in [4.69, 9.17) is 11.6 Å². The highest BCUT2D eigenvalue weighted by Crippen LogP contribution is 2.26. The van der Waals surface area contributed by atoms with Crippen molar-refractivity contribution >= 4 is 23.0 Å². The summed E-state index contributed by atoms with van der Waals surface area (Å²) in [7, 11) is 0. The number of pyridine rings is 1. The van der Waals surface area contributed by atoms with Crippen LogP contribution in [0.15, 0.2) is 24.9 Å². The lowest BCUT2D eigenvalue weighted by atomic mass is 10.1.